The first-order valence-corrected chi connectivity index (χ1v) is 6.29. The fourth-order valence-electron chi connectivity index (χ4n) is 2.10. The van der Waals surface area contributed by atoms with E-state index in [0.29, 0.717) is 6.04 Å². The Labute approximate surface area is 106 Å². The summed E-state index contributed by atoms with van der Waals surface area (Å²) in [5.74, 6) is 0. The van der Waals surface area contributed by atoms with Gasteiger partial charge < -0.3 is 5.11 Å². The monoisotopic (exact) mass is 250 g/mol. The Morgan fingerprint density at radius 1 is 1.28 bits per heavy atom. The molecule has 1 aromatic carbocycles. The van der Waals surface area contributed by atoms with Crippen molar-refractivity contribution in [2.75, 3.05) is 19.7 Å². The molecule has 0 spiro atoms. The van der Waals surface area contributed by atoms with Crippen LogP contribution in [0.2, 0.25) is 0 Å². The minimum atomic E-state index is -0.383. The first-order chi connectivity index (χ1) is 8.70. The molecule has 98 valence electrons. The zero-order chi connectivity index (χ0) is 13.0. The lowest BCUT2D eigenvalue weighted by atomic mass is 10.1. The molecule has 1 aliphatic rings. The molecular weight excluding hydrogens is 232 g/mol. The maximum atomic E-state index is 10.5. The molecule has 1 aliphatic carbocycles. The first kappa shape index (κ1) is 13.0. The number of nitro benzene ring substituents is 1. The number of benzene rings is 1. The van der Waals surface area contributed by atoms with Gasteiger partial charge in [0.05, 0.1) is 11.5 Å². The van der Waals surface area contributed by atoms with E-state index in [9.17, 15) is 10.1 Å². The first-order valence-electron chi connectivity index (χ1n) is 6.29. The molecule has 1 saturated carbocycles. The van der Waals surface area contributed by atoms with Crippen LogP contribution in [0, 0.1) is 10.1 Å². The zero-order valence-corrected chi connectivity index (χ0v) is 10.3. The van der Waals surface area contributed by atoms with Gasteiger partial charge in [-0.05, 0) is 24.8 Å². The summed E-state index contributed by atoms with van der Waals surface area (Å²) >= 11 is 0. The van der Waals surface area contributed by atoms with Crippen LogP contribution in [-0.2, 0) is 6.42 Å². The lowest BCUT2D eigenvalue weighted by molar-refractivity contribution is -0.384. The second-order valence-corrected chi connectivity index (χ2v) is 4.66. The standard InChI is InChI=1S/C13H18N2O3/c16-10-9-14(12-5-6-12)8-7-11-1-3-13(4-2-11)15(17)18/h1-4,12,16H,5-10H2. The molecule has 0 aliphatic heterocycles. The average molecular weight is 250 g/mol. The van der Waals surface area contributed by atoms with Crippen LogP contribution in [0.5, 0.6) is 0 Å². The predicted molar refractivity (Wildman–Crippen MR) is 68.5 cm³/mol. The van der Waals surface area contributed by atoms with Crippen molar-refractivity contribution in [2.45, 2.75) is 25.3 Å². The maximum Gasteiger partial charge on any atom is 0.269 e. The van der Waals surface area contributed by atoms with Crippen LogP contribution in [0.3, 0.4) is 0 Å². The predicted octanol–water partition coefficient (Wildman–Crippen LogP) is 1.59. The summed E-state index contributed by atoms with van der Waals surface area (Å²) in [6.45, 7) is 1.82. The summed E-state index contributed by atoms with van der Waals surface area (Å²) in [5, 5.41) is 19.5. The number of aliphatic hydroxyl groups excluding tert-OH is 1. The van der Waals surface area contributed by atoms with Crippen molar-refractivity contribution in [1.82, 2.24) is 4.90 Å². The highest BCUT2D eigenvalue weighted by molar-refractivity contribution is 5.32. The van der Waals surface area contributed by atoms with E-state index in [2.05, 4.69) is 4.90 Å². The van der Waals surface area contributed by atoms with Crippen LogP contribution in [0.15, 0.2) is 24.3 Å². The van der Waals surface area contributed by atoms with Gasteiger partial charge in [0.15, 0.2) is 0 Å². The quantitative estimate of drug-likeness (QED) is 0.589. The number of aliphatic hydroxyl groups is 1. The fourth-order valence-corrected chi connectivity index (χ4v) is 2.10. The maximum absolute atomic E-state index is 10.5. The Hall–Kier alpha value is -1.46. The van der Waals surface area contributed by atoms with E-state index in [-0.39, 0.29) is 17.2 Å². The molecule has 0 saturated heterocycles. The SMILES string of the molecule is O=[N+]([O-])c1ccc(CCN(CCO)C2CC2)cc1. The number of hydrogen-bond acceptors (Lipinski definition) is 4. The number of non-ortho nitro benzene ring substituents is 1. The molecular formula is C13H18N2O3. The van der Waals surface area contributed by atoms with Crippen LogP contribution in [0.25, 0.3) is 0 Å². The Bertz CT molecular complexity index is 401. The highest BCUT2D eigenvalue weighted by Gasteiger charge is 2.27. The van der Waals surface area contributed by atoms with Gasteiger partial charge in [-0.3, -0.25) is 15.0 Å². The highest BCUT2D eigenvalue weighted by atomic mass is 16.6. The van der Waals surface area contributed by atoms with Crippen molar-refractivity contribution in [3.63, 3.8) is 0 Å². The van der Waals surface area contributed by atoms with Crippen molar-refractivity contribution in [1.29, 1.82) is 0 Å². The van der Waals surface area contributed by atoms with Crippen LogP contribution in [0.1, 0.15) is 18.4 Å². The fraction of sp³-hybridized carbons (Fsp3) is 0.538. The smallest absolute Gasteiger partial charge is 0.269 e. The zero-order valence-electron chi connectivity index (χ0n) is 10.3. The van der Waals surface area contributed by atoms with Crippen molar-refractivity contribution in [3.05, 3.63) is 39.9 Å². The van der Waals surface area contributed by atoms with E-state index >= 15 is 0 Å². The summed E-state index contributed by atoms with van der Waals surface area (Å²) < 4.78 is 0. The Balaban J connectivity index is 1.86. The second-order valence-electron chi connectivity index (χ2n) is 4.66. The molecule has 0 amide bonds. The van der Waals surface area contributed by atoms with Gasteiger partial charge in [-0.15, -0.1) is 0 Å². The highest BCUT2D eigenvalue weighted by Crippen LogP contribution is 2.26. The molecule has 1 aromatic rings. The number of nitro groups is 1. The molecule has 0 heterocycles. The molecule has 18 heavy (non-hydrogen) atoms. The van der Waals surface area contributed by atoms with Crippen molar-refractivity contribution >= 4 is 5.69 Å². The van der Waals surface area contributed by atoms with Crippen LogP contribution in [-0.4, -0.2) is 40.7 Å². The van der Waals surface area contributed by atoms with Gasteiger partial charge >= 0.3 is 0 Å². The summed E-state index contributed by atoms with van der Waals surface area (Å²) in [4.78, 5) is 12.4. The Morgan fingerprint density at radius 2 is 1.94 bits per heavy atom. The third-order valence-corrected chi connectivity index (χ3v) is 3.29. The number of rotatable bonds is 7. The molecule has 0 bridgehead atoms. The van der Waals surface area contributed by atoms with E-state index in [1.165, 1.54) is 12.8 Å². The molecule has 2 rings (SSSR count). The summed E-state index contributed by atoms with van der Waals surface area (Å²) in [6.07, 6.45) is 3.31. The minimum absolute atomic E-state index is 0.133. The number of nitrogens with zero attached hydrogens (tertiary/aromatic N) is 2. The Kier molecular flexibility index (Phi) is 4.28. The van der Waals surface area contributed by atoms with Gasteiger partial charge in [-0.25, -0.2) is 0 Å². The van der Waals surface area contributed by atoms with Gasteiger partial charge in [-0.2, -0.15) is 0 Å². The third-order valence-electron chi connectivity index (χ3n) is 3.29. The van der Waals surface area contributed by atoms with Gasteiger partial charge in [0, 0.05) is 31.3 Å². The average Bonchev–Trinajstić information content (AvgIpc) is 3.19. The molecule has 5 heteroatoms. The van der Waals surface area contributed by atoms with Crippen molar-refractivity contribution in [2.24, 2.45) is 0 Å². The molecule has 0 unspecified atom stereocenters. The Morgan fingerprint density at radius 3 is 2.44 bits per heavy atom. The molecule has 5 nitrogen and oxygen atoms in total. The lowest BCUT2D eigenvalue weighted by Crippen LogP contribution is -2.31. The molecule has 0 radical (unpaired) electrons. The molecule has 0 atom stereocenters. The normalized spacial score (nSPS) is 15.0. The van der Waals surface area contributed by atoms with Crippen molar-refractivity contribution in [3.8, 4) is 0 Å². The van der Waals surface area contributed by atoms with Crippen molar-refractivity contribution < 1.29 is 10.0 Å². The molecule has 0 aromatic heterocycles. The van der Waals surface area contributed by atoms with Crippen LogP contribution < -0.4 is 0 Å². The van der Waals surface area contributed by atoms with Gasteiger partial charge in [0.2, 0.25) is 0 Å². The summed E-state index contributed by atoms with van der Waals surface area (Å²) in [5.41, 5.74) is 1.23. The minimum Gasteiger partial charge on any atom is -0.395 e. The van der Waals surface area contributed by atoms with E-state index in [0.717, 1.165) is 25.1 Å². The van der Waals surface area contributed by atoms with Gasteiger partial charge in [0.25, 0.3) is 5.69 Å². The summed E-state index contributed by atoms with van der Waals surface area (Å²) in [6, 6.07) is 7.34. The van der Waals surface area contributed by atoms with E-state index in [1.54, 1.807) is 12.1 Å². The third kappa shape index (κ3) is 3.51. The number of hydrogen-bond donors (Lipinski definition) is 1. The van der Waals surface area contributed by atoms with Crippen LogP contribution >= 0.6 is 0 Å². The summed E-state index contributed by atoms with van der Waals surface area (Å²) in [7, 11) is 0. The molecule has 1 fully saturated rings. The van der Waals surface area contributed by atoms with Gasteiger partial charge in [-0.1, -0.05) is 12.1 Å². The van der Waals surface area contributed by atoms with E-state index in [4.69, 9.17) is 5.11 Å². The van der Waals surface area contributed by atoms with E-state index in [1.807, 2.05) is 12.1 Å². The second kappa shape index (κ2) is 5.93. The van der Waals surface area contributed by atoms with E-state index < -0.39 is 0 Å². The topological polar surface area (TPSA) is 66.6 Å². The van der Waals surface area contributed by atoms with Crippen LogP contribution in [0.4, 0.5) is 5.69 Å². The van der Waals surface area contributed by atoms with Gasteiger partial charge in [0.1, 0.15) is 0 Å². The largest absolute Gasteiger partial charge is 0.395 e. The lowest BCUT2D eigenvalue weighted by Gasteiger charge is -2.20. The molecule has 1 N–H and O–H groups in total.